The van der Waals surface area contributed by atoms with Crippen LogP contribution < -0.4 is 16.0 Å². The third kappa shape index (κ3) is 11.1. The zero-order chi connectivity index (χ0) is 18.5. The minimum Gasteiger partial charge on any atom is -0.379 e. The molecule has 2 rings (SSSR count). The van der Waals surface area contributed by atoms with Crippen molar-refractivity contribution >= 4 is 35.8 Å². The van der Waals surface area contributed by atoms with Crippen molar-refractivity contribution in [2.24, 2.45) is 4.99 Å². The lowest BCUT2D eigenvalue weighted by atomic mass is 9.95. The van der Waals surface area contributed by atoms with Gasteiger partial charge in [0.25, 0.3) is 0 Å². The van der Waals surface area contributed by atoms with Gasteiger partial charge in [-0.1, -0.05) is 19.3 Å². The Kier molecular flexibility index (Phi) is 13.9. The molecule has 8 heteroatoms. The number of hydrogen-bond donors (Lipinski definition) is 3. The summed E-state index contributed by atoms with van der Waals surface area (Å²) in [5.41, 5.74) is 0. The fraction of sp³-hybridized carbons (Fsp3) is 0.895. The van der Waals surface area contributed by atoms with Gasteiger partial charge >= 0.3 is 0 Å². The lowest BCUT2D eigenvalue weighted by Crippen LogP contribution is -2.41. The van der Waals surface area contributed by atoms with E-state index >= 15 is 0 Å². The van der Waals surface area contributed by atoms with Gasteiger partial charge in [-0.15, -0.1) is 24.0 Å². The monoisotopic (exact) mass is 496 g/mol. The van der Waals surface area contributed by atoms with Crippen molar-refractivity contribution < 1.29 is 14.3 Å². The van der Waals surface area contributed by atoms with Crippen LogP contribution in [0.15, 0.2) is 4.99 Å². The van der Waals surface area contributed by atoms with Crippen molar-refractivity contribution in [3.8, 4) is 0 Å². The molecule has 1 atom stereocenters. The predicted octanol–water partition coefficient (Wildman–Crippen LogP) is 2.19. The predicted molar refractivity (Wildman–Crippen MR) is 119 cm³/mol. The van der Waals surface area contributed by atoms with Gasteiger partial charge in [-0.2, -0.15) is 0 Å². The van der Waals surface area contributed by atoms with E-state index in [-0.39, 0.29) is 36.0 Å². The number of ether oxygens (including phenoxy) is 2. The number of nitrogens with one attached hydrogen (secondary N) is 3. The Balaban J connectivity index is 0.00000364. The quantitative estimate of drug-likeness (QED) is 0.187. The first-order valence-electron chi connectivity index (χ1n) is 10.3. The molecule has 2 aliphatic rings. The summed E-state index contributed by atoms with van der Waals surface area (Å²) in [4.78, 5) is 16.6. The second-order valence-electron chi connectivity index (χ2n) is 7.05. The molecule has 7 nitrogen and oxygen atoms in total. The molecule has 1 unspecified atom stereocenters. The number of rotatable bonds is 10. The molecule has 0 spiro atoms. The number of carbonyl (C=O) groups is 1. The average molecular weight is 496 g/mol. The molecule has 0 aromatic rings. The van der Waals surface area contributed by atoms with E-state index in [1.54, 1.807) is 0 Å². The first-order chi connectivity index (χ1) is 12.8. The summed E-state index contributed by atoms with van der Waals surface area (Å²) < 4.78 is 11.0. The van der Waals surface area contributed by atoms with Crippen LogP contribution >= 0.6 is 24.0 Å². The van der Waals surface area contributed by atoms with Crippen LogP contribution in [0.5, 0.6) is 0 Å². The van der Waals surface area contributed by atoms with E-state index in [0.717, 1.165) is 51.4 Å². The fourth-order valence-electron chi connectivity index (χ4n) is 3.33. The standard InChI is InChI=1S/C19H36N4O3.HI/c1-2-20-19(21-11-6-13-26-17-10-14-25-15-17)22-12-9-18(24)23-16-7-4-3-5-8-16;/h16-17H,2-15H2,1H3,(H,23,24)(H2,20,21,22);1H. The number of guanidine groups is 1. The summed E-state index contributed by atoms with van der Waals surface area (Å²) in [6.07, 6.45) is 8.63. The molecule has 1 aliphatic carbocycles. The molecule has 3 N–H and O–H groups in total. The van der Waals surface area contributed by atoms with Crippen LogP contribution in [0.3, 0.4) is 0 Å². The normalized spacial score (nSPS) is 20.8. The Morgan fingerprint density at radius 2 is 2.00 bits per heavy atom. The van der Waals surface area contributed by atoms with Crippen molar-refractivity contribution in [1.82, 2.24) is 16.0 Å². The van der Waals surface area contributed by atoms with Gasteiger partial charge in [0.1, 0.15) is 0 Å². The molecule has 0 aromatic carbocycles. The van der Waals surface area contributed by atoms with Gasteiger partial charge in [-0.05, 0) is 32.6 Å². The van der Waals surface area contributed by atoms with E-state index in [4.69, 9.17) is 9.47 Å². The first-order valence-corrected chi connectivity index (χ1v) is 10.3. The molecule has 1 heterocycles. The van der Waals surface area contributed by atoms with Crippen molar-refractivity contribution in [3.63, 3.8) is 0 Å². The fourth-order valence-corrected chi connectivity index (χ4v) is 3.33. The van der Waals surface area contributed by atoms with Gasteiger partial charge in [0.15, 0.2) is 5.96 Å². The van der Waals surface area contributed by atoms with E-state index in [2.05, 4.69) is 20.9 Å². The van der Waals surface area contributed by atoms with Gasteiger partial charge in [-0.25, -0.2) is 0 Å². The van der Waals surface area contributed by atoms with Crippen LogP contribution in [-0.4, -0.2) is 63.5 Å². The average Bonchev–Trinajstić information content (AvgIpc) is 3.15. The van der Waals surface area contributed by atoms with Crippen LogP contribution in [0, 0.1) is 0 Å². The number of amides is 1. The van der Waals surface area contributed by atoms with E-state index in [1.807, 2.05) is 6.92 Å². The van der Waals surface area contributed by atoms with Crippen LogP contribution in [0.2, 0.25) is 0 Å². The number of aliphatic imine (C=N–C) groups is 1. The first kappa shape index (κ1) is 24.4. The Bertz CT molecular complexity index is 425. The molecular weight excluding hydrogens is 459 g/mol. The summed E-state index contributed by atoms with van der Waals surface area (Å²) in [5, 5.41) is 9.60. The zero-order valence-corrected chi connectivity index (χ0v) is 19.0. The molecule has 0 radical (unpaired) electrons. The molecule has 1 saturated carbocycles. The van der Waals surface area contributed by atoms with Crippen molar-refractivity contribution in [2.45, 2.75) is 70.4 Å². The summed E-state index contributed by atoms with van der Waals surface area (Å²) in [5.74, 6) is 0.898. The lowest BCUT2D eigenvalue weighted by molar-refractivity contribution is -0.121. The molecule has 27 heavy (non-hydrogen) atoms. The molecular formula is C19H37IN4O3. The van der Waals surface area contributed by atoms with Crippen LogP contribution in [0.1, 0.15) is 58.3 Å². The zero-order valence-electron chi connectivity index (χ0n) is 16.6. The second kappa shape index (κ2) is 15.3. The van der Waals surface area contributed by atoms with Gasteiger partial charge in [0.05, 0.1) is 12.7 Å². The van der Waals surface area contributed by atoms with Crippen molar-refractivity contribution in [2.75, 3.05) is 39.5 Å². The molecule has 0 aromatic heterocycles. The van der Waals surface area contributed by atoms with Gasteiger partial charge in [-0.3, -0.25) is 9.79 Å². The molecule has 2 fully saturated rings. The summed E-state index contributed by atoms with van der Waals surface area (Å²) in [7, 11) is 0. The van der Waals surface area contributed by atoms with Crippen LogP contribution in [-0.2, 0) is 14.3 Å². The SMILES string of the molecule is CCNC(=NCCCOC1CCOC1)NCCC(=O)NC1CCCCC1.I. The smallest absolute Gasteiger partial charge is 0.221 e. The minimum absolute atomic E-state index is 0. The number of nitrogens with zero attached hydrogens (tertiary/aromatic N) is 1. The van der Waals surface area contributed by atoms with Crippen molar-refractivity contribution in [3.05, 3.63) is 0 Å². The summed E-state index contributed by atoms with van der Waals surface area (Å²) in [6.45, 7) is 6.38. The van der Waals surface area contributed by atoms with E-state index < -0.39 is 0 Å². The third-order valence-electron chi connectivity index (χ3n) is 4.77. The second-order valence-corrected chi connectivity index (χ2v) is 7.05. The number of hydrogen-bond acceptors (Lipinski definition) is 4. The molecule has 1 amide bonds. The molecule has 1 aliphatic heterocycles. The van der Waals surface area contributed by atoms with E-state index in [0.29, 0.717) is 32.2 Å². The summed E-state index contributed by atoms with van der Waals surface area (Å²) in [6, 6.07) is 0.378. The molecule has 0 bridgehead atoms. The molecule has 1 saturated heterocycles. The molecule has 158 valence electrons. The van der Waals surface area contributed by atoms with Crippen LogP contribution in [0.4, 0.5) is 0 Å². The highest BCUT2D eigenvalue weighted by molar-refractivity contribution is 14.0. The largest absolute Gasteiger partial charge is 0.379 e. The lowest BCUT2D eigenvalue weighted by Gasteiger charge is -2.22. The highest BCUT2D eigenvalue weighted by atomic mass is 127. The third-order valence-corrected chi connectivity index (χ3v) is 4.77. The minimum atomic E-state index is 0. The topological polar surface area (TPSA) is 84.0 Å². The Hall–Kier alpha value is -0.610. The Morgan fingerprint density at radius 3 is 2.70 bits per heavy atom. The van der Waals surface area contributed by atoms with Crippen molar-refractivity contribution in [1.29, 1.82) is 0 Å². The highest BCUT2D eigenvalue weighted by Gasteiger charge is 2.16. The highest BCUT2D eigenvalue weighted by Crippen LogP contribution is 2.17. The van der Waals surface area contributed by atoms with Gasteiger partial charge < -0.3 is 25.4 Å². The van der Waals surface area contributed by atoms with E-state index in [1.165, 1.54) is 19.3 Å². The maximum atomic E-state index is 12.0. The van der Waals surface area contributed by atoms with Gasteiger partial charge in [0, 0.05) is 45.3 Å². The maximum absolute atomic E-state index is 12.0. The Labute approximate surface area is 180 Å². The Morgan fingerprint density at radius 1 is 1.19 bits per heavy atom. The number of carbonyl (C=O) groups excluding carboxylic acids is 1. The van der Waals surface area contributed by atoms with E-state index in [9.17, 15) is 4.79 Å². The maximum Gasteiger partial charge on any atom is 0.221 e. The van der Waals surface area contributed by atoms with Crippen LogP contribution in [0.25, 0.3) is 0 Å². The number of halogens is 1. The summed E-state index contributed by atoms with van der Waals surface area (Å²) >= 11 is 0. The van der Waals surface area contributed by atoms with Gasteiger partial charge in [0.2, 0.25) is 5.91 Å².